The van der Waals surface area contributed by atoms with Crippen molar-refractivity contribution in [2.75, 3.05) is 13.1 Å². The van der Waals surface area contributed by atoms with E-state index in [1.165, 1.54) is 0 Å². The standard InChI is InChI=1S/C15H27ClN4/c1-6-15(7-2)10-20(11(3)8-17-15)9-13-14(16)12(4)18-19(13)5/h11,17H,6-10H2,1-5H3. The van der Waals surface area contributed by atoms with Gasteiger partial charge >= 0.3 is 0 Å². The molecule has 114 valence electrons. The van der Waals surface area contributed by atoms with Crippen LogP contribution in [0.5, 0.6) is 0 Å². The van der Waals surface area contributed by atoms with Gasteiger partial charge in [0.15, 0.2) is 0 Å². The second kappa shape index (κ2) is 6.04. The van der Waals surface area contributed by atoms with Crippen LogP contribution in [0, 0.1) is 6.92 Å². The first-order valence-corrected chi connectivity index (χ1v) is 7.97. The highest BCUT2D eigenvalue weighted by Gasteiger charge is 2.35. The maximum atomic E-state index is 6.39. The minimum Gasteiger partial charge on any atom is -0.308 e. The molecule has 2 rings (SSSR count). The van der Waals surface area contributed by atoms with Gasteiger partial charge in [0.2, 0.25) is 0 Å². The van der Waals surface area contributed by atoms with Crippen molar-refractivity contribution in [1.82, 2.24) is 20.0 Å². The van der Waals surface area contributed by atoms with Crippen molar-refractivity contribution in [2.24, 2.45) is 7.05 Å². The van der Waals surface area contributed by atoms with Crippen molar-refractivity contribution in [3.8, 4) is 0 Å². The molecule has 5 heteroatoms. The van der Waals surface area contributed by atoms with Crippen LogP contribution in [0.25, 0.3) is 0 Å². The van der Waals surface area contributed by atoms with Crippen molar-refractivity contribution in [2.45, 2.75) is 58.7 Å². The smallest absolute Gasteiger partial charge is 0.0860 e. The Labute approximate surface area is 127 Å². The Balaban J connectivity index is 2.18. The SMILES string of the molecule is CCC1(CC)CN(Cc2c(Cl)c(C)nn2C)C(C)CN1. The van der Waals surface area contributed by atoms with E-state index in [2.05, 4.69) is 36.1 Å². The molecular formula is C15H27ClN4. The number of hydrogen-bond acceptors (Lipinski definition) is 3. The number of hydrogen-bond donors (Lipinski definition) is 1. The van der Waals surface area contributed by atoms with Crippen LogP contribution in [-0.4, -0.2) is 39.4 Å². The summed E-state index contributed by atoms with van der Waals surface area (Å²) in [5, 5.41) is 8.97. The van der Waals surface area contributed by atoms with Crippen LogP contribution in [0.2, 0.25) is 5.02 Å². The molecule has 0 aliphatic carbocycles. The highest BCUT2D eigenvalue weighted by Crippen LogP contribution is 2.27. The maximum absolute atomic E-state index is 6.39. The Morgan fingerprint density at radius 2 is 2.05 bits per heavy atom. The second-order valence-electron chi connectivity index (χ2n) is 6.09. The molecule has 1 atom stereocenters. The second-order valence-corrected chi connectivity index (χ2v) is 6.47. The number of rotatable bonds is 4. The topological polar surface area (TPSA) is 33.1 Å². The van der Waals surface area contributed by atoms with Crippen LogP contribution in [0.4, 0.5) is 0 Å². The van der Waals surface area contributed by atoms with Crippen molar-refractivity contribution in [1.29, 1.82) is 0 Å². The number of aryl methyl sites for hydroxylation is 2. The molecule has 1 aromatic heterocycles. The molecule has 0 aromatic carbocycles. The number of halogens is 1. The molecular weight excluding hydrogens is 272 g/mol. The predicted octanol–water partition coefficient (Wildman–Crippen LogP) is 2.73. The molecule has 4 nitrogen and oxygen atoms in total. The lowest BCUT2D eigenvalue weighted by Gasteiger charge is -2.46. The fourth-order valence-electron chi connectivity index (χ4n) is 3.07. The van der Waals surface area contributed by atoms with Crippen LogP contribution in [-0.2, 0) is 13.6 Å². The van der Waals surface area contributed by atoms with E-state index in [1.54, 1.807) is 0 Å². The maximum Gasteiger partial charge on any atom is 0.0860 e. The van der Waals surface area contributed by atoms with E-state index in [0.717, 1.165) is 48.9 Å². The van der Waals surface area contributed by atoms with Crippen LogP contribution < -0.4 is 5.32 Å². The lowest BCUT2D eigenvalue weighted by Crippen LogP contribution is -2.62. The van der Waals surface area contributed by atoms with Gasteiger partial charge in [-0.3, -0.25) is 9.58 Å². The highest BCUT2D eigenvalue weighted by molar-refractivity contribution is 6.31. The first kappa shape index (κ1) is 15.8. The predicted molar refractivity (Wildman–Crippen MR) is 84.1 cm³/mol. The molecule has 0 bridgehead atoms. The highest BCUT2D eigenvalue weighted by atomic mass is 35.5. The molecule has 1 N–H and O–H groups in total. The van der Waals surface area contributed by atoms with Crippen molar-refractivity contribution in [3.63, 3.8) is 0 Å². The quantitative estimate of drug-likeness (QED) is 0.928. The Morgan fingerprint density at radius 3 is 2.55 bits per heavy atom. The van der Waals surface area contributed by atoms with Gasteiger partial charge in [-0.05, 0) is 26.7 Å². The Bertz CT molecular complexity index is 465. The van der Waals surface area contributed by atoms with Crippen molar-refractivity contribution in [3.05, 3.63) is 16.4 Å². The summed E-state index contributed by atoms with van der Waals surface area (Å²) >= 11 is 6.39. The molecule has 20 heavy (non-hydrogen) atoms. The van der Waals surface area contributed by atoms with Crippen LogP contribution in [0.15, 0.2) is 0 Å². The van der Waals surface area contributed by atoms with E-state index in [9.17, 15) is 0 Å². The molecule has 1 aliphatic heterocycles. The summed E-state index contributed by atoms with van der Waals surface area (Å²) in [4.78, 5) is 2.53. The molecule has 1 fully saturated rings. The Hall–Kier alpha value is -0.580. The van der Waals surface area contributed by atoms with E-state index < -0.39 is 0 Å². The van der Waals surface area contributed by atoms with E-state index in [1.807, 2.05) is 18.7 Å². The minimum absolute atomic E-state index is 0.243. The Morgan fingerprint density at radius 1 is 1.40 bits per heavy atom. The summed E-state index contributed by atoms with van der Waals surface area (Å²) < 4.78 is 1.92. The molecule has 1 aliphatic rings. The number of piperazine rings is 1. The Kier molecular flexibility index (Phi) is 4.77. The lowest BCUT2D eigenvalue weighted by atomic mass is 9.88. The summed E-state index contributed by atoms with van der Waals surface area (Å²) in [5.74, 6) is 0. The average molecular weight is 299 g/mol. The summed E-state index contributed by atoms with van der Waals surface area (Å²) in [6, 6.07) is 0.521. The zero-order valence-corrected chi connectivity index (χ0v) is 14.1. The van der Waals surface area contributed by atoms with Gasteiger partial charge in [0.25, 0.3) is 0 Å². The van der Waals surface area contributed by atoms with Crippen molar-refractivity contribution < 1.29 is 0 Å². The number of nitrogens with zero attached hydrogens (tertiary/aromatic N) is 3. The summed E-state index contributed by atoms with van der Waals surface area (Å²) in [6.45, 7) is 11.8. The third-order valence-electron chi connectivity index (χ3n) is 4.87. The molecule has 1 unspecified atom stereocenters. The van der Waals surface area contributed by atoms with Gasteiger partial charge in [-0.25, -0.2) is 0 Å². The monoisotopic (exact) mass is 298 g/mol. The van der Waals surface area contributed by atoms with Gasteiger partial charge in [0.05, 0.1) is 16.4 Å². The molecule has 2 heterocycles. The van der Waals surface area contributed by atoms with E-state index >= 15 is 0 Å². The first-order valence-electron chi connectivity index (χ1n) is 7.59. The number of aromatic nitrogens is 2. The summed E-state index contributed by atoms with van der Waals surface area (Å²) in [7, 11) is 1.98. The van der Waals surface area contributed by atoms with Crippen LogP contribution in [0.3, 0.4) is 0 Å². The zero-order valence-electron chi connectivity index (χ0n) is 13.3. The van der Waals surface area contributed by atoms with E-state index in [4.69, 9.17) is 11.6 Å². The molecule has 1 aromatic rings. The summed E-state index contributed by atoms with van der Waals surface area (Å²) in [6.07, 6.45) is 2.32. The van der Waals surface area contributed by atoms with Gasteiger partial charge in [0.1, 0.15) is 0 Å². The van der Waals surface area contributed by atoms with E-state index in [-0.39, 0.29) is 5.54 Å². The fourth-order valence-corrected chi connectivity index (χ4v) is 3.29. The van der Waals surface area contributed by atoms with Gasteiger partial charge in [-0.15, -0.1) is 0 Å². The molecule has 0 saturated carbocycles. The normalized spacial score (nSPS) is 23.2. The lowest BCUT2D eigenvalue weighted by molar-refractivity contribution is 0.0726. The average Bonchev–Trinajstić information content (AvgIpc) is 2.68. The van der Waals surface area contributed by atoms with Gasteiger partial charge < -0.3 is 5.32 Å². The largest absolute Gasteiger partial charge is 0.308 e. The number of nitrogens with one attached hydrogen (secondary N) is 1. The molecule has 0 spiro atoms. The van der Waals surface area contributed by atoms with Crippen molar-refractivity contribution >= 4 is 11.6 Å². The van der Waals surface area contributed by atoms with Gasteiger partial charge in [-0.2, -0.15) is 5.10 Å². The fraction of sp³-hybridized carbons (Fsp3) is 0.800. The van der Waals surface area contributed by atoms with Crippen LogP contribution >= 0.6 is 11.6 Å². The third kappa shape index (κ3) is 2.87. The molecule has 0 amide bonds. The minimum atomic E-state index is 0.243. The zero-order chi connectivity index (χ0) is 14.9. The third-order valence-corrected chi connectivity index (χ3v) is 5.36. The molecule has 0 radical (unpaired) electrons. The van der Waals surface area contributed by atoms with E-state index in [0.29, 0.717) is 6.04 Å². The summed E-state index contributed by atoms with van der Waals surface area (Å²) in [5.41, 5.74) is 2.29. The van der Waals surface area contributed by atoms with Gasteiger partial charge in [0, 0.05) is 38.3 Å². The first-order chi connectivity index (χ1) is 9.42. The molecule has 1 saturated heterocycles. The van der Waals surface area contributed by atoms with Gasteiger partial charge in [-0.1, -0.05) is 25.4 Å². The van der Waals surface area contributed by atoms with Crippen LogP contribution in [0.1, 0.15) is 45.0 Å².